The molecule has 0 saturated carbocycles. The van der Waals surface area contributed by atoms with Crippen LogP contribution >= 0.6 is 9.47 Å². The summed E-state index contributed by atoms with van der Waals surface area (Å²) in [6.45, 7) is 2.15. The van der Waals surface area contributed by atoms with Gasteiger partial charge in [-0.1, -0.05) is 38.5 Å². The fraction of sp³-hybridized carbons (Fsp3) is 0.929. The van der Waals surface area contributed by atoms with Gasteiger partial charge in [0.2, 0.25) is 0 Å². The molecule has 2 unspecified atom stereocenters. The Balaban J connectivity index is 3.16. The number of rotatable bonds is 13. The van der Waals surface area contributed by atoms with E-state index in [2.05, 4.69) is 9.47 Å². The van der Waals surface area contributed by atoms with Crippen molar-refractivity contribution in [2.75, 3.05) is 13.3 Å². The lowest BCUT2D eigenvalue weighted by molar-refractivity contribution is -0.145. The normalized spacial score (nSPS) is 12.4. The summed E-state index contributed by atoms with van der Waals surface area (Å²) in [4.78, 5) is 11.3. The van der Waals surface area contributed by atoms with Crippen molar-refractivity contribution in [3.63, 3.8) is 0 Å². The van der Waals surface area contributed by atoms with E-state index in [0.29, 0.717) is 19.4 Å². The van der Waals surface area contributed by atoms with E-state index < -0.39 is 0 Å². The monoisotopic (exact) mass is 294 g/mol. The Morgan fingerprint density at radius 2 is 1.58 bits per heavy atom. The lowest BCUT2D eigenvalue weighted by Crippen LogP contribution is -2.13. The summed E-state index contributed by atoms with van der Waals surface area (Å²) < 4.78 is 21.8. The first kappa shape index (κ1) is 18.8. The van der Waals surface area contributed by atoms with E-state index in [9.17, 15) is 9.18 Å². The van der Waals surface area contributed by atoms with Crippen molar-refractivity contribution in [2.45, 2.75) is 70.8 Å². The van der Waals surface area contributed by atoms with E-state index >= 15 is 0 Å². The zero-order valence-electron chi connectivity index (χ0n) is 12.0. The number of unbranched alkanes of at least 4 members (excludes halogenated alkanes) is 7. The molecular formula is C14H28FO3P. The minimum atomic E-state index is -0.193. The number of hydrogen-bond donors (Lipinski definition) is 0. The number of esters is 1. The second-order valence-electron chi connectivity index (χ2n) is 4.89. The molecule has 0 spiro atoms. The van der Waals surface area contributed by atoms with Crippen LogP contribution < -0.4 is 0 Å². The molecular weight excluding hydrogens is 266 g/mol. The van der Waals surface area contributed by atoms with Gasteiger partial charge in [-0.05, 0) is 19.8 Å². The van der Waals surface area contributed by atoms with Crippen LogP contribution in [-0.4, -0.2) is 25.4 Å². The summed E-state index contributed by atoms with van der Waals surface area (Å²) in [5, 5.41) is 0. The molecule has 2 atom stereocenters. The first-order chi connectivity index (χ1) is 9.20. The van der Waals surface area contributed by atoms with Gasteiger partial charge in [-0.15, -0.1) is 0 Å². The lowest BCUT2D eigenvalue weighted by Gasteiger charge is -2.08. The zero-order chi connectivity index (χ0) is 14.3. The van der Waals surface area contributed by atoms with Crippen LogP contribution in [0.1, 0.15) is 64.7 Å². The van der Waals surface area contributed by atoms with Gasteiger partial charge < -0.3 is 9.26 Å². The van der Waals surface area contributed by atoms with Gasteiger partial charge in [0.05, 0.1) is 25.8 Å². The average Bonchev–Trinajstić information content (AvgIpc) is 2.40. The van der Waals surface area contributed by atoms with E-state index in [4.69, 9.17) is 9.26 Å². The van der Waals surface area contributed by atoms with Crippen molar-refractivity contribution in [1.82, 2.24) is 0 Å². The molecule has 0 bridgehead atoms. The molecule has 0 amide bonds. The Labute approximate surface area is 118 Å². The van der Waals surface area contributed by atoms with Crippen LogP contribution in [0.3, 0.4) is 0 Å². The second kappa shape index (κ2) is 14.2. The third-order valence-corrected chi connectivity index (χ3v) is 3.44. The van der Waals surface area contributed by atoms with Gasteiger partial charge in [-0.25, -0.2) is 0 Å². The minimum Gasteiger partial charge on any atom is -0.466 e. The van der Waals surface area contributed by atoms with E-state index in [0.717, 1.165) is 32.1 Å². The molecule has 5 heteroatoms. The van der Waals surface area contributed by atoms with Gasteiger partial charge in [-0.2, -0.15) is 0 Å². The molecule has 0 aliphatic carbocycles. The van der Waals surface area contributed by atoms with Crippen LogP contribution in [0.4, 0.5) is 4.39 Å². The maximum Gasteiger partial charge on any atom is 0.308 e. The van der Waals surface area contributed by atoms with Gasteiger partial charge in [-0.3, -0.25) is 9.18 Å². The van der Waals surface area contributed by atoms with E-state index in [1.807, 2.05) is 6.92 Å². The smallest absolute Gasteiger partial charge is 0.308 e. The second-order valence-corrected chi connectivity index (χ2v) is 5.16. The zero-order valence-corrected chi connectivity index (χ0v) is 13.2. The summed E-state index contributed by atoms with van der Waals surface area (Å²) in [5.74, 6) is -0.193. The Morgan fingerprint density at radius 1 is 1.05 bits per heavy atom. The summed E-state index contributed by atoms with van der Waals surface area (Å²) in [6.07, 6.45) is 8.59. The standard InChI is InChI=1S/C14H28FO3P/c1-13(18-19)12-14(16)17-11-9-7-5-3-2-4-6-8-10-15/h13H,2-12,19H2,1H3. The summed E-state index contributed by atoms with van der Waals surface area (Å²) in [7, 11) is 2.15. The van der Waals surface area contributed by atoms with Crippen LogP contribution in [0.5, 0.6) is 0 Å². The molecule has 0 radical (unpaired) electrons. The Hall–Kier alpha value is -0.210. The van der Waals surface area contributed by atoms with E-state index in [1.54, 1.807) is 0 Å². The third-order valence-electron chi connectivity index (χ3n) is 2.98. The maximum absolute atomic E-state index is 11.8. The van der Waals surface area contributed by atoms with E-state index in [-0.39, 0.29) is 18.7 Å². The Bertz CT molecular complexity index is 215. The van der Waals surface area contributed by atoms with Crippen LogP contribution in [0.15, 0.2) is 0 Å². The van der Waals surface area contributed by atoms with Gasteiger partial charge >= 0.3 is 5.97 Å². The number of alkyl halides is 1. The predicted molar refractivity (Wildman–Crippen MR) is 78.7 cm³/mol. The van der Waals surface area contributed by atoms with Crippen LogP contribution in [-0.2, 0) is 14.1 Å². The van der Waals surface area contributed by atoms with Gasteiger partial charge in [0, 0.05) is 9.47 Å². The molecule has 0 aliphatic rings. The number of halogens is 1. The van der Waals surface area contributed by atoms with Crippen molar-refractivity contribution in [2.24, 2.45) is 0 Å². The number of carbonyl (C=O) groups is 1. The molecule has 0 saturated heterocycles. The molecule has 0 fully saturated rings. The SMILES string of the molecule is CC(CC(=O)OCCCCCCCCCCF)OP. The first-order valence-corrected chi connectivity index (χ1v) is 7.75. The van der Waals surface area contributed by atoms with Crippen molar-refractivity contribution in [1.29, 1.82) is 0 Å². The molecule has 0 aliphatic heterocycles. The van der Waals surface area contributed by atoms with Gasteiger partial charge in [0.15, 0.2) is 0 Å². The highest BCUT2D eigenvalue weighted by Crippen LogP contribution is 2.09. The Morgan fingerprint density at radius 3 is 2.11 bits per heavy atom. The molecule has 0 heterocycles. The number of hydrogen-bond acceptors (Lipinski definition) is 3. The van der Waals surface area contributed by atoms with Crippen molar-refractivity contribution in [3.8, 4) is 0 Å². The molecule has 114 valence electrons. The molecule has 0 aromatic carbocycles. The molecule has 0 aromatic heterocycles. The van der Waals surface area contributed by atoms with Gasteiger partial charge in [0.1, 0.15) is 0 Å². The third kappa shape index (κ3) is 14.0. The van der Waals surface area contributed by atoms with E-state index in [1.165, 1.54) is 12.8 Å². The lowest BCUT2D eigenvalue weighted by atomic mass is 10.1. The highest BCUT2D eigenvalue weighted by molar-refractivity contribution is 7.09. The molecule has 19 heavy (non-hydrogen) atoms. The first-order valence-electron chi connectivity index (χ1n) is 7.27. The number of carbonyl (C=O) groups excluding carboxylic acids is 1. The summed E-state index contributed by atoms with van der Waals surface area (Å²) in [5.41, 5.74) is 0. The van der Waals surface area contributed by atoms with Crippen molar-refractivity contribution in [3.05, 3.63) is 0 Å². The van der Waals surface area contributed by atoms with Gasteiger partial charge in [0.25, 0.3) is 0 Å². The maximum atomic E-state index is 11.8. The highest BCUT2D eigenvalue weighted by Gasteiger charge is 2.08. The predicted octanol–water partition coefficient (Wildman–Crippen LogP) is 4.21. The van der Waals surface area contributed by atoms with Crippen LogP contribution in [0.2, 0.25) is 0 Å². The minimum absolute atomic E-state index is 0.109. The Kier molecular flexibility index (Phi) is 14.0. The molecule has 0 aromatic rings. The topological polar surface area (TPSA) is 35.5 Å². The van der Waals surface area contributed by atoms with Crippen LogP contribution in [0, 0.1) is 0 Å². The fourth-order valence-corrected chi connectivity index (χ4v) is 1.88. The summed E-state index contributed by atoms with van der Waals surface area (Å²) >= 11 is 0. The number of ether oxygens (including phenoxy) is 1. The molecule has 0 N–H and O–H groups in total. The molecule has 0 rings (SSSR count). The average molecular weight is 294 g/mol. The van der Waals surface area contributed by atoms with Crippen LogP contribution in [0.25, 0.3) is 0 Å². The molecule has 3 nitrogen and oxygen atoms in total. The highest BCUT2D eigenvalue weighted by atomic mass is 31.0. The fourth-order valence-electron chi connectivity index (χ4n) is 1.78. The summed E-state index contributed by atoms with van der Waals surface area (Å²) in [6, 6.07) is 0. The quantitative estimate of drug-likeness (QED) is 0.290. The largest absolute Gasteiger partial charge is 0.466 e. The van der Waals surface area contributed by atoms with Crippen molar-refractivity contribution < 1.29 is 18.4 Å². The van der Waals surface area contributed by atoms with Crippen molar-refractivity contribution >= 4 is 15.4 Å².